The molecule has 0 saturated carbocycles. The SMILES string of the molecule is C.CC(C)C(=O)C(=O)C(C)C.CC(C)C(=O)C(C)C.CC(C)C(=S)C(C)C.CC(C)C(C(C)C)=[N+](C)O.CC(C)C(C)C(C)C.CC(C)C(C)C(C)C.CC(C)C1(C(C)C)OCCO1.CC(C)ON(C)C(C)C. The lowest BCUT2D eigenvalue weighted by molar-refractivity contribution is -0.757. The maximum absolute atomic E-state index is 10.9. The highest BCUT2D eigenvalue weighted by molar-refractivity contribution is 7.80. The van der Waals surface area contributed by atoms with Crippen LogP contribution in [0.2, 0.25) is 0 Å². The summed E-state index contributed by atoms with van der Waals surface area (Å²) in [5.74, 6) is 7.61. The Balaban J connectivity index is -0.000000110. The maximum atomic E-state index is 10.9. The highest BCUT2D eigenvalue weighted by Crippen LogP contribution is 2.35. The average molecular weight is 1060 g/mol. The Labute approximate surface area is 464 Å². The van der Waals surface area contributed by atoms with Crippen LogP contribution in [0.5, 0.6) is 0 Å². The van der Waals surface area contributed by atoms with Gasteiger partial charge < -0.3 is 9.47 Å². The molecule has 1 fully saturated rings. The molecule has 1 aliphatic rings. The van der Waals surface area contributed by atoms with Gasteiger partial charge in [0, 0.05) is 60.4 Å². The highest BCUT2D eigenvalue weighted by Gasteiger charge is 2.42. The number of hydroxylamine groups is 3. The second-order valence-corrected chi connectivity index (χ2v) is 25.4. The number of carbonyl (C=O) groups excluding carboxylic acids is 3. The lowest BCUT2D eigenvalue weighted by Crippen LogP contribution is -2.41. The summed E-state index contributed by atoms with van der Waals surface area (Å²) in [6.07, 6.45) is 0.289. The Bertz CT molecular complexity index is 1250. The molecule has 0 unspecified atom stereocenters. The highest BCUT2D eigenvalue weighted by atomic mass is 32.1. The fourth-order valence-electron chi connectivity index (χ4n) is 7.09. The molecule has 444 valence electrons. The molecular weight excluding hydrogens is 929 g/mol. The minimum atomic E-state index is -0.306. The third-order valence-corrected chi connectivity index (χ3v) is 13.7. The number of hydrogen-bond donors (Lipinski definition) is 1. The van der Waals surface area contributed by atoms with Crippen LogP contribution >= 0.6 is 12.2 Å². The molecule has 10 heteroatoms. The van der Waals surface area contributed by atoms with Crippen LogP contribution < -0.4 is 0 Å². The Morgan fingerprint density at radius 3 is 0.795 bits per heavy atom. The van der Waals surface area contributed by atoms with Crippen molar-refractivity contribution in [2.75, 3.05) is 27.3 Å². The van der Waals surface area contributed by atoms with E-state index in [4.69, 9.17) is 31.7 Å². The van der Waals surface area contributed by atoms with Crippen LogP contribution in [0.15, 0.2) is 0 Å². The van der Waals surface area contributed by atoms with Gasteiger partial charge in [-0.2, -0.15) is 5.06 Å². The molecule has 0 bridgehead atoms. The largest absolute Gasteiger partial charge is 0.347 e. The van der Waals surface area contributed by atoms with Gasteiger partial charge in [-0.15, -0.1) is 0 Å². The molecule has 0 aromatic carbocycles. The van der Waals surface area contributed by atoms with E-state index >= 15 is 0 Å². The smallest absolute Gasteiger partial charge is 0.208 e. The molecule has 73 heavy (non-hydrogen) atoms. The molecule has 1 aliphatic heterocycles. The van der Waals surface area contributed by atoms with Crippen molar-refractivity contribution in [1.29, 1.82) is 0 Å². The van der Waals surface area contributed by atoms with Gasteiger partial charge in [-0.05, 0) is 84.6 Å². The summed E-state index contributed by atoms with van der Waals surface area (Å²) in [7, 11) is 3.62. The van der Waals surface area contributed by atoms with Gasteiger partial charge in [0.05, 0.1) is 19.3 Å². The molecular formula is C63H135N2O7S+. The van der Waals surface area contributed by atoms with E-state index < -0.39 is 0 Å². The van der Waals surface area contributed by atoms with Crippen LogP contribution in [0.4, 0.5) is 0 Å². The summed E-state index contributed by atoms with van der Waals surface area (Å²) in [6, 6.07) is 0.465. The van der Waals surface area contributed by atoms with E-state index in [1.807, 2.05) is 53.7 Å². The van der Waals surface area contributed by atoms with Crippen molar-refractivity contribution in [2.45, 2.75) is 261 Å². The predicted molar refractivity (Wildman–Crippen MR) is 327 cm³/mol. The molecule has 9 nitrogen and oxygen atoms in total. The Kier molecular flexibility index (Phi) is 57.4. The van der Waals surface area contributed by atoms with Gasteiger partial charge in [-0.25, -0.2) is 0 Å². The number of hydrogen-bond acceptors (Lipinski definition) is 9. The maximum Gasteiger partial charge on any atom is 0.208 e. The average Bonchev–Trinajstić information content (AvgIpc) is 3.75. The van der Waals surface area contributed by atoms with Crippen LogP contribution in [0.1, 0.15) is 243 Å². The van der Waals surface area contributed by atoms with E-state index in [0.29, 0.717) is 47.3 Å². The third kappa shape index (κ3) is 47.4. The monoisotopic (exact) mass is 1060 g/mol. The van der Waals surface area contributed by atoms with Gasteiger partial charge in [0.15, 0.2) is 12.8 Å². The zero-order valence-corrected chi connectivity index (χ0v) is 55.8. The second-order valence-electron chi connectivity index (χ2n) is 24.9. The number of rotatable bonds is 18. The fourth-order valence-corrected chi connectivity index (χ4v) is 7.09. The lowest BCUT2D eigenvalue weighted by Gasteiger charge is -2.35. The van der Waals surface area contributed by atoms with Crippen LogP contribution in [-0.2, 0) is 28.7 Å². The van der Waals surface area contributed by atoms with Gasteiger partial charge in [0.1, 0.15) is 5.78 Å². The van der Waals surface area contributed by atoms with Crippen LogP contribution in [-0.4, -0.2) is 88.2 Å². The number of carbonyl (C=O) groups is 3. The van der Waals surface area contributed by atoms with Crippen molar-refractivity contribution in [1.82, 2.24) is 5.06 Å². The molecule has 1 heterocycles. The first-order chi connectivity index (χ1) is 32.3. The summed E-state index contributed by atoms with van der Waals surface area (Å²) < 4.78 is 12.5. The van der Waals surface area contributed by atoms with Crippen molar-refractivity contribution in [2.24, 2.45) is 94.7 Å². The van der Waals surface area contributed by atoms with Crippen molar-refractivity contribution in [3.05, 3.63) is 0 Å². The van der Waals surface area contributed by atoms with Gasteiger partial charge in [-0.1, -0.05) is 227 Å². The molecule has 0 atom stereocenters. The van der Waals surface area contributed by atoms with Gasteiger partial charge in [-0.3, -0.25) is 24.4 Å². The van der Waals surface area contributed by atoms with Crippen LogP contribution in [0, 0.1) is 94.7 Å². The van der Waals surface area contributed by atoms with Gasteiger partial charge in [0.2, 0.25) is 17.3 Å². The molecule has 0 amide bonds. The predicted octanol–water partition coefficient (Wildman–Crippen LogP) is 18.0. The van der Waals surface area contributed by atoms with Crippen LogP contribution in [0.25, 0.3) is 0 Å². The number of thiocarbonyl (C=S) groups is 1. The first-order valence-corrected chi connectivity index (χ1v) is 28.8. The van der Waals surface area contributed by atoms with Crippen LogP contribution in [0.3, 0.4) is 0 Å². The number of ketones is 3. The quantitative estimate of drug-likeness (QED) is 0.0359. The van der Waals surface area contributed by atoms with Crippen molar-refractivity contribution >= 4 is 40.1 Å². The zero-order valence-electron chi connectivity index (χ0n) is 55.0. The lowest BCUT2D eigenvalue weighted by atomic mass is 9.88. The van der Waals surface area contributed by atoms with Crippen molar-refractivity contribution in [3.63, 3.8) is 0 Å². The van der Waals surface area contributed by atoms with Gasteiger partial charge >= 0.3 is 0 Å². The fraction of sp³-hybridized carbons (Fsp3) is 0.921. The van der Waals surface area contributed by atoms with E-state index in [0.717, 1.165) is 54.4 Å². The summed E-state index contributed by atoms with van der Waals surface area (Å²) in [4.78, 5) is 39.2. The molecule has 0 radical (unpaired) electrons. The minimum Gasteiger partial charge on any atom is -0.347 e. The van der Waals surface area contributed by atoms with Gasteiger partial charge in [0.25, 0.3) is 0 Å². The molecule has 0 spiro atoms. The van der Waals surface area contributed by atoms with E-state index in [1.54, 1.807) is 34.7 Å². The Morgan fingerprint density at radius 1 is 0.479 bits per heavy atom. The zero-order chi connectivity index (χ0) is 59.5. The molecule has 0 aliphatic carbocycles. The summed E-state index contributed by atoms with van der Waals surface area (Å²) in [5.41, 5.74) is 1.08. The van der Waals surface area contributed by atoms with E-state index in [-0.39, 0.29) is 54.6 Å². The van der Waals surface area contributed by atoms with E-state index in [9.17, 15) is 14.4 Å². The standard InChI is InChI=1S/C9H18O2.C8H18NO.C8H14O2.2C8H18.C7H17NO.C7H14O.C7H14S.CH4/c1-7(2)9(8(3)4)10-5-6-11-9;1-6(2)8(7(3)4)9(5)10;1-5(2)7(9)8(10)6(3)4;2*1-6(2)8(5)7(3)4;1-6(2)8(5)9-7(3)4;2*1-5(2)7(8)6(3)4;/h7-8H,5-6H2,1-4H3;6-7,10H,1-5H3;5-6H,1-4H3;2*6-8H,1-5H3;6-7H,1-5H3;2*5-6H,1-4H3;1H4/q;+1;;;;;;;. The summed E-state index contributed by atoms with van der Waals surface area (Å²) in [5, 5.41) is 11.0. The molecule has 1 saturated heterocycles. The third-order valence-electron chi connectivity index (χ3n) is 12.8. The molecule has 0 aromatic rings. The first-order valence-electron chi connectivity index (χ1n) is 28.4. The topological polar surface area (TPSA) is 105 Å². The van der Waals surface area contributed by atoms with E-state index in [1.165, 1.54) is 9.60 Å². The minimum absolute atomic E-state index is 0. The molecule has 0 aromatic heterocycles. The first kappa shape index (κ1) is 88.0. The normalized spacial score (nSPS) is 12.9. The van der Waals surface area contributed by atoms with Crippen molar-refractivity contribution < 1.29 is 38.6 Å². The summed E-state index contributed by atoms with van der Waals surface area (Å²) >= 11 is 5.10. The summed E-state index contributed by atoms with van der Waals surface area (Å²) in [6.45, 7) is 72.8. The Hall–Kier alpha value is -1.59. The van der Waals surface area contributed by atoms with E-state index in [2.05, 4.69) is 166 Å². The molecule has 1 rings (SSSR count). The second kappa shape index (κ2) is 47.6. The molecule has 1 N–H and O–H groups in total. The Morgan fingerprint density at radius 2 is 0.740 bits per heavy atom. The number of ether oxygens (including phenoxy) is 2. The number of Topliss-reactive ketones (excluding diaryl/α,β-unsaturated/α-hetero) is 3. The number of nitrogens with zero attached hydrogens (tertiary/aromatic N) is 2. The van der Waals surface area contributed by atoms with Crippen molar-refractivity contribution in [3.8, 4) is 0 Å².